The smallest absolute Gasteiger partial charge is 0.258 e. The number of benzene rings is 2. The number of nitrogens with zero attached hydrogens (tertiary/aromatic N) is 1. The third-order valence-corrected chi connectivity index (χ3v) is 5.27. The van der Waals surface area contributed by atoms with Gasteiger partial charge in [-0.2, -0.15) is 0 Å². The van der Waals surface area contributed by atoms with Gasteiger partial charge >= 0.3 is 0 Å². The lowest BCUT2D eigenvalue weighted by molar-refractivity contribution is -0.112. The summed E-state index contributed by atoms with van der Waals surface area (Å²) in [4.78, 5) is 14.7. The quantitative estimate of drug-likeness (QED) is 0.775. The standard InChI is InChI=1S/C22H23NO2/c1-3-23-20-11-7-6-10-18(20)19(22(23)24)13-17-12-15-8-4-5-9-16(15)14-21(17)25-2/h6-7,10-14H,3-5,8-9H2,1-2H3/b19-13+. The van der Waals surface area contributed by atoms with E-state index < -0.39 is 0 Å². The predicted molar refractivity (Wildman–Crippen MR) is 102 cm³/mol. The van der Waals surface area contributed by atoms with Crippen molar-refractivity contribution in [1.29, 1.82) is 0 Å². The molecule has 0 saturated carbocycles. The molecule has 0 spiro atoms. The van der Waals surface area contributed by atoms with Crippen LogP contribution in [0.25, 0.3) is 11.6 Å². The van der Waals surface area contributed by atoms with Gasteiger partial charge in [-0.3, -0.25) is 4.79 Å². The van der Waals surface area contributed by atoms with Crippen molar-refractivity contribution in [2.45, 2.75) is 32.6 Å². The van der Waals surface area contributed by atoms with Gasteiger partial charge in [0.2, 0.25) is 0 Å². The van der Waals surface area contributed by atoms with Crippen molar-refractivity contribution >= 4 is 23.2 Å². The highest BCUT2D eigenvalue weighted by Gasteiger charge is 2.31. The molecular formula is C22H23NO2. The molecule has 0 N–H and O–H groups in total. The fourth-order valence-corrected chi connectivity index (χ4v) is 3.99. The second-order valence-corrected chi connectivity index (χ2v) is 6.69. The van der Waals surface area contributed by atoms with Gasteiger partial charge in [-0.15, -0.1) is 0 Å². The molecule has 1 amide bonds. The van der Waals surface area contributed by atoms with Crippen LogP contribution in [0.1, 0.15) is 42.0 Å². The summed E-state index contributed by atoms with van der Waals surface area (Å²) in [5.41, 5.74) is 6.54. The molecule has 1 heterocycles. The second kappa shape index (κ2) is 6.40. The Morgan fingerprint density at radius 1 is 1.12 bits per heavy atom. The molecule has 0 fully saturated rings. The number of carbonyl (C=O) groups excluding carboxylic acids is 1. The maximum absolute atomic E-state index is 12.9. The maximum Gasteiger partial charge on any atom is 0.258 e. The lowest BCUT2D eigenvalue weighted by atomic mass is 9.89. The SMILES string of the molecule is CCN1C(=O)/C(=C/c2cc3c(cc2OC)CCCC3)c2ccccc21. The van der Waals surface area contributed by atoms with Crippen molar-refractivity contribution in [3.63, 3.8) is 0 Å². The summed E-state index contributed by atoms with van der Waals surface area (Å²) < 4.78 is 5.63. The number of amides is 1. The number of para-hydroxylation sites is 1. The molecule has 0 unspecified atom stereocenters. The van der Waals surface area contributed by atoms with Crippen LogP contribution >= 0.6 is 0 Å². The fraction of sp³-hybridized carbons (Fsp3) is 0.318. The molecule has 0 radical (unpaired) electrons. The van der Waals surface area contributed by atoms with E-state index in [0.717, 1.165) is 41.0 Å². The van der Waals surface area contributed by atoms with Crippen LogP contribution in [0, 0.1) is 0 Å². The van der Waals surface area contributed by atoms with Gasteiger partial charge in [-0.1, -0.05) is 18.2 Å². The Labute approximate surface area is 148 Å². The molecule has 0 aromatic heterocycles. The average Bonchev–Trinajstić information content (AvgIpc) is 2.92. The van der Waals surface area contributed by atoms with E-state index in [4.69, 9.17) is 4.74 Å². The maximum atomic E-state index is 12.9. The Kier molecular flexibility index (Phi) is 4.08. The molecule has 3 heteroatoms. The predicted octanol–water partition coefficient (Wildman–Crippen LogP) is 4.48. The normalized spacial score (nSPS) is 17.6. The number of aryl methyl sites for hydroxylation is 2. The molecule has 1 aliphatic carbocycles. The summed E-state index contributed by atoms with van der Waals surface area (Å²) in [6.45, 7) is 2.69. The highest BCUT2D eigenvalue weighted by Crippen LogP contribution is 2.39. The number of likely N-dealkylation sites (N-methyl/N-ethyl adjacent to an activating group) is 1. The molecule has 0 saturated heterocycles. The zero-order chi connectivity index (χ0) is 17.4. The highest BCUT2D eigenvalue weighted by atomic mass is 16.5. The summed E-state index contributed by atoms with van der Waals surface area (Å²) in [6.07, 6.45) is 6.72. The van der Waals surface area contributed by atoms with E-state index in [-0.39, 0.29) is 5.91 Å². The van der Waals surface area contributed by atoms with E-state index in [1.54, 1.807) is 7.11 Å². The average molecular weight is 333 g/mol. The number of rotatable bonds is 3. The zero-order valence-corrected chi connectivity index (χ0v) is 14.8. The minimum atomic E-state index is 0.0727. The molecule has 25 heavy (non-hydrogen) atoms. The first kappa shape index (κ1) is 15.9. The van der Waals surface area contributed by atoms with Crippen LogP contribution in [-0.4, -0.2) is 19.6 Å². The highest BCUT2D eigenvalue weighted by molar-refractivity contribution is 6.35. The Hall–Kier alpha value is -2.55. The van der Waals surface area contributed by atoms with Crippen molar-refractivity contribution in [3.8, 4) is 5.75 Å². The lowest BCUT2D eigenvalue weighted by Gasteiger charge is -2.18. The summed E-state index contributed by atoms with van der Waals surface area (Å²) in [6, 6.07) is 12.4. The van der Waals surface area contributed by atoms with E-state index in [9.17, 15) is 4.79 Å². The molecular weight excluding hydrogens is 310 g/mol. The van der Waals surface area contributed by atoms with Crippen LogP contribution in [-0.2, 0) is 17.6 Å². The number of methoxy groups -OCH3 is 1. The van der Waals surface area contributed by atoms with E-state index >= 15 is 0 Å². The van der Waals surface area contributed by atoms with Crippen LogP contribution in [0.15, 0.2) is 36.4 Å². The number of ether oxygens (including phenoxy) is 1. The first-order valence-corrected chi connectivity index (χ1v) is 9.05. The van der Waals surface area contributed by atoms with Gasteiger partial charge in [-0.05, 0) is 68.0 Å². The van der Waals surface area contributed by atoms with Gasteiger partial charge in [0.05, 0.1) is 12.8 Å². The van der Waals surface area contributed by atoms with Crippen molar-refractivity contribution < 1.29 is 9.53 Å². The second-order valence-electron chi connectivity index (χ2n) is 6.69. The molecule has 0 bridgehead atoms. The van der Waals surface area contributed by atoms with E-state index in [2.05, 4.69) is 12.1 Å². The van der Waals surface area contributed by atoms with Crippen molar-refractivity contribution in [3.05, 3.63) is 58.7 Å². The van der Waals surface area contributed by atoms with Crippen LogP contribution in [0.5, 0.6) is 5.75 Å². The molecule has 3 nitrogen and oxygen atoms in total. The van der Waals surface area contributed by atoms with Gasteiger partial charge in [0.1, 0.15) is 5.75 Å². The number of fused-ring (bicyclic) bond motifs is 2. The van der Waals surface area contributed by atoms with Crippen LogP contribution in [0.2, 0.25) is 0 Å². The first-order chi connectivity index (χ1) is 12.2. The topological polar surface area (TPSA) is 29.5 Å². The Morgan fingerprint density at radius 2 is 1.84 bits per heavy atom. The van der Waals surface area contributed by atoms with Gasteiger partial charge < -0.3 is 9.64 Å². The summed E-state index contributed by atoms with van der Waals surface area (Å²) in [5.74, 6) is 0.928. The van der Waals surface area contributed by atoms with Gasteiger partial charge in [-0.25, -0.2) is 0 Å². The first-order valence-electron chi connectivity index (χ1n) is 9.05. The Bertz CT molecular complexity index is 866. The van der Waals surface area contributed by atoms with Crippen molar-refractivity contribution in [2.75, 3.05) is 18.6 Å². The summed E-state index contributed by atoms with van der Waals surface area (Å²) in [5, 5.41) is 0. The van der Waals surface area contributed by atoms with Crippen molar-refractivity contribution in [1.82, 2.24) is 0 Å². The molecule has 0 atom stereocenters. The molecule has 2 aromatic rings. The van der Waals surface area contributed by atoms with E-state index in [0.29, 0.717) is 6.54 Å². The van der Waals surface area contributed by atoms with Crippen LogP contribution in [0.4, 0.5) is 5.69 Å². The monoisotopic (exact) mass is 333 g/mol. The largest absolute Gasteiger partial charge is 0.496 e. The van der Waals surface area contributed by atoms with E-state index in [1.807, 2.05) is 42.2 Å². The molecule has 1 aliphatic heterocycles. The van der Waals surface area contributed by atoms with Gasteiger partial charge in [0.15, 0.2) is 0 Å². The molecule has 2 aromatic carbocycles. The number of hydrogen-bond donors (Lipinski definition) is 0. The molecule has 2 aliphatic rings. The summed E-state index contributed by atoms with van der Waals surface area (Å²) in [7, 11) is 1.70. The molecule has 4 rings (SSSR count). The van der Waals surface area contributed by atoms with Gasteiger partial charge in [0, 0.05) is 23.2 Å². The minimum Gasteiger partial charge on any atom is -0.496 e. The van der Waals surface area contributed by atoms with E-state index in [1.165, 1.54) is 24.0 Å². The number of anilines is 1. The number of hydrogen-bond acceptors (Lipinski definition) is 2. The Balaban J connectivity index is 1.85. The third kappa shape index (κ3) is 2.64. The molecule has 128 valence electrons. The van der Waals surface area contributed by atoms with Crippen LogP contribution < -0.4 is 9.64 Å². The zero-order valence-electron chi connectivity index (χ0n) is 14.8. The summed E-state index contributed by atoms with van der Waals surface area (Å²) >= 11 is 0. The minimum absolute atomic E-state index is 0.0727. The van der Waals surface area contributed by atoms with Crippen LogP contribution in [0.3, 0.4) is 0 Å². The third-order valence-electron chi connectivity index (χ3n) is 5.27. The fourth-order valence-electron chi connectivity index (χ4n) is 3.99. The number of carbonyl (C=O) groups is 1. The lowest BCUT2D eigenvalue weighted by Crippen LogP contribution is -2.25. The van der Waals surface area contributed by atoms with Crippen molar-refractivity contribution in [2.24, 2.45) is 0 Å². The Morgan fingerprint density at radius 3 is 2.56 bits per heavy atom. The van der Waals surface area contributed by atoms with Gasteiger partial charge in [0.25, 0.3) is 5.91 Å².